The molecular weight excluding hydrogens is 426 g/mol. The van der Waals surface area contributed by atoms with Crippen LogP contribution in [0.15, 0.2) is 30.6 Å². The summed E-state index contributed by atoms with van der Waals surface area (Å²) in [5, 5.41) is 8.31. The monoisotopic (exact) mass is 452 g/mol. The Morgan fingerprint density at radius 2 is 1.82 bits per heavy atom. The lowest BCUT2D eigenvalue weighted by Crippen LogP contribution is -2.48. The maximum Gasteiger partial charge on any atom is 0.244 e. The van der Waals surface area contributed by atoms with E-state index in [1.54, 1.807) is 12.4 Å². The van der Waals surface area contributed by atoms with Crippen LogP contribution >= 0.6 is 0 Å². The minimum atomic E-state index is -0.857. The Kier molecular flexibility index (Phi) is 4.88. The van der Waals surface area contributed by atoms with Gasteiger partial charge in [-0.05, 0) is 50.2 Å². The third-order valence-corrected chi connectivity index (χ3v) is 7.10. The Hall–Kier alpha value is -3.30. The van der Waals surface area contributed by atoms with Gasteiger partial charge in [0, 0.05) is 55.7 Å². The van der Waals surface area contributed by atoms with Gasteiger partial charge in [0.2, 0.25) is 11.9 Å². The summed E-state index contributed by atoms with van der Waals surface area (Å²) in [6.07, 6.45) is 4.82. The fraction of sp³-hybridized carbons (Fsp3) is 0.478. The van der Waals surface area contributed by atoms with E-state index in [1.165, 1.54) is 6.07 Å². The second kappa shape index (κ2) is 7.93. The average Bonchev–Trinajstić information content (AvgIpc) is 3.31. The highest BCUT2D eigenvalue weighted by molar-refractivity contribution is 5.59. The van der Waals surface area contributed by atoms with Crippen LogP contribution in [-0.4, -0.2) is 50.4 Å². The molecule has 0 unspecified atom stereocenters. The maximum atomic E-state index is 13.8. The molecule has 1 aromatic carbocycles. The summed E-state index contributed by atoms with van der Waals surface area (Å²) >= 11 is 0. The van der Waals surface area contributed by atoms with E-state index < -0.39 is 11.6 Å². The van der Waals surface area contributed by atoms with Gasteiger partial charge in [0.05, 0.1) is 0 Å². The molecule has 1 aliphatic carbocycles. The summed E-state index contributed by atoms with van der Waals surface area (Å²) in [6, 6.07) is 6.32. The van der Waals surface area contributed by atoms with Crippen molar-refractivity contribution >= 4 is 23.4 Å². The lowest BCUT2D eigenvalue weighted by Gasteiger charge is -2.38. The first-order chi connectivity index (χ1) is 16.0. The molecule has 3 atom stereocenters. The Balaban J connectivity index is 1.21. The average molecular weight is 453 g/mol. The summed E-state index contributed by atoms with van der Waals surface area (Å²) < 4.78 is 29.1. The number of halogens is 2. The van der Waals surface area contributed by atoms with Gasteiger partial charge in [-0.1, -0.05) is 0 Å². The van der Waals surface area contributed by atoms with Crippen LogP contribution in [0.4, 0.5) is 32.2 Å². The van der Waals surface area contributed by atoms with E-state index in [0.717, 1.165) is 56.5 Å². The molecule has 172 valence electrons. The van der Waals surface area contributed by atoms with Gasteiger partial charge in [-0.25, -0.2) is 23.4 Å². The first-order valence-electron chi connectivity index (χ1n) is 11.5. The fourth-order valence-corrected chi connectivity index (χ4v) is 5.53. The molecule has 0 spiro atoms. The lowest BCUT2D eigenvalue weighted by atomic mass is 9.92. The predicted octanol–water partition coefficient (Wildman–Crippen LogP) is 3.52. The van der Waals surface area contributed by atoms with Crippen molar-refractivity contribution in [2.75, 3.05) is 34.8 Å². The van der Waals surface area contributed by atoms with Crippen molar-refractivity contribution in [1.29, 1.82) is 0 Å². The van der Waals surface area contributed by atoms with E-state index in [1.807, 2.05) is 22.6 Å². The molecule has 33 heavy (non-hydrogen) atoms. The van der Waals surface area contributed by atoms with E-state index >= 15 is 0 Å². The molecular formula is C23H26F2N8. The second-order valence-corrected chi connectivity index (χ2v) is 9.25. The quantitative estimate of drug-likeness (QED) is 0.649. The first-order valence-corrected chi connectivity index (χ1v) is 11.5. The number of hydrogen-bond acceptors (Lipinski definition) is 7. The molecule has 2 aromatic heterocycles. The maximum absolute atomic E-state index is 13.8. The van der Waals surface area contributed by atoms with Crippen LogP contribution in [0.1, 0.15) is 25.0 Å². The first kappa shape index (κ1) is 20.3. The van der Waals surface area contributed by atoms with Crippen LogP contribution in [0, 0.1) is 30.4 Å². The van der Waals surface area contributed by atoms with Gasteiger partial charge in [-0.3, -0.25) is 0 Å². The molecule has 3 aromatic rings. The normalized spacial score (nSPS) is 24.2. The smallest absolute Gasteiger partial charge is 0.244 e. The number of nitrogens with one attached hydrogen (secondary N) is 1. The molecule has 6 rings (SSSR count). The molecule has 8 nitrogen and oxygen atoms in total. The Morgan fingerprint density at radius 3 is 2.58 bits per heavy atom. The van der Waals surface area contributed by atoms with Gasteiger partial charge in [0.1, 0.15) is 12.1 Å². The number of piperidine rings is 1. The molecule has 3 aliphatic rings. The molecule has 0 radical (unpaired) electrons. The molecule has 2 bridgehead atoms. The van der Waals surface area contributed by atoms with Crippen molar-refractivity contribution in [3.05, 3.63) is 47.9 Å². The zero-order valence-corrected chi connectivity index (χ0v) is 18.5. The number of rotatable bonds is 4. The number of fused-ring (bicyclic) bond motifs is 3. The van der Waals surface area contributed by atoms with Crippen molar-refractivity contribution in [3.63, 3.8) is 0 Å². The highest BCUT2D eigenvalue weighted by Crippen LogP contribution is 2.40. The minimum absolute atomic E-state index is 0.311. The number of aromatic nitrogens is 5. The van der Waals surface area contributed by atoms with Crippen LogP contribution in [0.5, 0.6) is 0 Å². The molecule has 10 heteroatoms. The Bertz CT molecular complexity index is 1170. The summed E-state index contributed by atoms with van der Waals surface area (Å²) in [6.45, 7) is 5.32. The summed E-state index contributed by atoms with van der Waals surface area (Å²) in [4.78, 5) is 17.7. The highest BCUT2D eigenvalue weighted by Gasteiger charge is 2.43. The standard InChI is InChI=1S/C23H26F2N8/c1-14-9-20(27-13-26-14)31-11-15-3-4-16(12-31)21(15)28-22-29-23-32(7-2-8-33(23)30-22)17-5-6-18(24)19(25)10-17/h5-6,9-10,13,15-16,21H,2-4,7-8,11-12H2,1H3,(H,28,30)/t15-,16+,21-. The van der Waals surface area contributed by atoms with E-state index in [0.29, 0.717) is 42.0 Å². The van der Waals surface area contributed by atoms with Crippen LogP contribution in [0.3, 0.4) is 0 Å². The number of nitrogens with zero attached hydrogens (tertiary/aromatic N) is 7. The van der Waals surface area contributed by atoms with E-state index in [2.05, 4.69) is 20.2 Å². The predicted molar refractivity (Wildman–Crippen MR) is 121 cm³/mol. The minimum Gasteiger partial charge on any atom is -0.356 e. The number of benzene rings is 1. The number of anilines is 4. The topological polar surface area (TPSA) is 75.0 Å². The molecule has 2 aliphatic heterocycles. The van der Waals surface area contributed by atoms with Crippen molar-refractivity contribution in [2.45, 2.75) is 38.8 Å². The van der Waals surface area contributed by atoms with Crippen molar-refractivity contribution in [2.24, 2.45) is 11.8 Å². The van der Waals surface area contributed by atoms with Gasteiger partial charge >= 0.3 is 0 Å². The third-order valence-electron chi connectivity index (χ3n) is 7.10. The Labute approximate surface area is 190 Å². The number of aryl methyl sites for hydroxylation is 2. The molecule has 1 saturated heterocycles. The van der Waals surface area contributed by atoms with E-state index in [9.17, 15) is 8.78 Å². The van der Waals surface area contributed by atoms with Crippen LogP contribution in [0.25, 0.3) is 0 Å². The highest BCUT2D eigenvalue weighted by atomic mass is 19.2. The van der Waals surface area contributed by atoms with Crippen LogP contribution in [0.2, 0.25) is 0 Å². The molecule has 0 amide bonds. The van der Waals surface area contributed by atoms with Crippen LogP contribution < -0.4 is 15.1 Å². The Morgan fingerprint density at radius 1 is 1.00 bits per heavy atom. The zero-order valence-electron chi connectivity index (χ0n) is 18.5. The van der Waals surface area contributed by atoms with Crippen LogP contribution in [-0.2, 0) is 6.54 Å². The SMILES string of the molecule is Cc1cc(N2C[C@H]3CC[C@@H](C2)[C@@H]3Nc2nc3n(n2)CCCN3c2ccc(F)c(F)c2)ncn1. The van der Waals surface area contributed by atoms with Crippen molar-refractivity contribution in [1.82, 2.24) is 24.7 Å². The van der Waals surface area contributed by atoms with Gasteiger partial charge in [-0.15, -0.1) is 5.10 Å². The molecule has 1 saturated carbocycles. The van der Waals surface area contributed by atoms with Gasteiger partial charge in [0.25, 0.3) is 0 Å². The lowest BCUT2D eigenvalue weighted by molar-refractivity contribution is 0.374. The van der Waals surface area contributed by atoms with E-state index in [4.69, 9.17) is 10.1 Å². The molecule has 2 fully saturated rings. The largest absolute Gasteiger partial charge is 0.356 e. The van der Waals surface area contributed by atoms with Gasteiger partial charge in [-0.2, -0.15) is 4.98 Å². The zero-order chi connectivity index (χ0) is 22.5. The van der Waals surface area contributed by atoms with Crippen molar-refractivity contribution < 1.29 is 8.78 Å². The molecule has 1 N–H and O–H groups in total. The van der Waals surface area contributed by atoms with Gasteiger partial charge < -0.3 is 15.1 Å². The third kappa shape index (κ3) is 3.67. The summed E-state index contributed by atoms with van der Waals surface area (Å²) in [5.74, 6) is 1.53. The summed E-state index contributed by atoms with van der Waals surface area (Å²) in [7, 11) is 0. The number of hydrogen-bond donors (Lipinski definition) is 1. The van der Waals surface area contributed by atoms with E-state index in [-0.39, 0.29) is 0 Å². The molecule has 4 heterocycles. The van der Waals surface area contributed by atoms with Gasteiger partial charge in [0.15, 0.2) is 11.6 Å². The fourth-order valence-electron chi connectivity index (χ4n) is 5.53. The van der Waals surface area contributed by atoms with Crippen molar-refractivity contribution in [3.8, 4) is 0 Å². The second-order valence-electron chi connectivity index (χ2n) is 9.25. The summed E-state index contributed by atoms with van der Waals surface area (Å²) in [5.41, 5.74) is 1.56.